The molecule has 0 amide bonds. The Bertz CT molecular complexity index is 1370. The van der Waals surface area contributed by atoms with Crippen LogP contribution in [0.5, 0.6) is 0 Å². The molecule has 1 heterocycles. The number of hydrogen-bond donors (Lipinski definition) is 1. The first kappa shape index (κ1) is 21.4. The normalized spacial score (nSPS) is 10.7. The Balaban J connectivity index is 1.62. The van der Waals surface area contributed by atoms with Crippen LogP contribution >= 0.6 is 0 Å². The maximum Gasteiger partial charge on any atom is 0.227 e. The van der Waals surface area contributed by atoms with Gasteiger partial charge in [-0.3, -0.25) is 4.79 Å². The maximum atomic E-state index is 11.4. The smallest absolute Gasteiger partial charge is 0.227 e. The van der Waals surface area contributed by atoms with Crippen molar-refractivity contribution in [2.45, 2.75) is 6.92 Å². The lowest BCUT2D eigenvalue weighted by Crippen LogP contribution is -2.09. The lowest BCUT2D eigenvalue weighted by molar-refractivity contribution is -0.115. The van der Waals surface area contributed by atoms with Gasteiger partial charge in [-0.05, 0) is 36.2 Å². The second-order valence-corrected chi connectivity index (χ2v) is 8.11. The molecule has 5 rings (SSSR count). The molecule has 0 aliphatic rings. The Labute approximate surface area is 198 Å². The van der Waals surface area contributed by atoms with Gasteiger partial charge in [0, 0.05) is 22.4 Å². The number of nitrogens with zero attached hydrogens (tertiary/aromatic N) is 1. The van der Waals surface area contributed by atoms with Gasteiger partial charge in [0.2, 0.25) is 5.89 Å². The highest BCUT2D eigenvalue weighted by molar-refractivity contribution is 5.85. The molecule has 0 fully saturated rings. The summed E-state index contributed by atoms with van der Waals surface area (Å²) in [6.07, 6.45) is 0. The highest BCUT2D eigenvalue weighted by atomic mass is 16.4. The maximum absolute atomic E-state index is 11.4. The van der Waals surface area contributed by atoms with E-state index in [1.54, 1.807) is 6.92 Å². The highest BCUT2D eigenvalue weighted by Gasteiger charge is 2.20. The second kappa shape index (κ2) is 9.59. The van der Waals surface area contributed by atoms with Crippen LogP contribution in [-0.2, 0) is 4.79 Å². The SMILES string of the molecule is CC(=O)CNc1cccc(-c2ccccc2-c2nc(-c3ccccc3)c(-c3ccccc3)o2)c1. The first-order valence-corrected chi connectivity index (χ1v) is 11.2. The Morgan fingerprint density at radius 3 is 2.06 bits per heavy atom. The minimum Gasteiger partial charge on any atom is -0.435 e. The van der Waals surface area contributed by atoms with Crippen LogP contribution in [0.4, 0.5) is 5.69 Å². The molecule has 5 aromatic rings. The van der Waals surface area contributed by atoms with Crippen molar-refractivity contribution in [1.29, 1.82) is 0 Å². The molecule has 0 bridgehead atoms. The molecule has 0 saturated carbocycles. The molecule has 1 N–H and O–H groups in total. The predicted molar refractivity (Wildman–Crippen MR) is 137 cm³/mol. The molecule has 0 saturated heterocycles. The number of anilines is 1. The molecule has 34 heavy (non-hydrogen) atoms. The second-order valence-electron chi connectivity index (χ2n) is 8.11. The average Bonchev–Trinajstić information content (AvgIpc) is 3.34. The monoisotopic (exact) mass is 444 g/mol. The summed E-state index contributed by atoms with van der Waals surface area (Å²) in [7, 11) is 0. The molecular weight excluding hydrogens is 420 g/mol. The van der Waals surface area contributed by atoms with E-state index in [-0.39, 0.29) is 5.78 Å². The van der Waals surface area contributed by atoms with Gasteiger partial charge >= 0.3 is 0 Å². The summed E-state index contributed by atoms with van der Waals surface area (Å²) in [6, 6.07) is 36.3. The lowest BCUT2D eigenvalue weighted by atomic mass is 9.99. The summed E-state index contributed by atoms with van der Waals surface area (Å²) in [5.41, 5.74) is 6.63. The quantitative estimate of drug-likeness (QED) is 0.285. The van der Waals surface area contributed by atoms with Crippen LogP contribution in [0.25, 0.3) is 45.2 Å². The van der Waals surface area contributed by atoms with Gasteiger partial charge in [0.15, 0.2) is 5.76 Å². The van der Waals surface area contributed by atoms with E-state index in [2.05, 4.69) is 17.4 Å². The third-order valence-electron chi connectivity index (χ3n) is 5.58. The zero-order chi connectivity index (χ0) is 23.3. The third-order valence-corrected chi connectivity index (χ3v) is 5.58. The molecule has 0 spiro atoms. The van der Waals surface area contributed by atoms with E-state index in [0.717, 1.165) is 45.0 Å². The fourth-order valence-electron chi connectivity index (χ4n) is 3.96. The molecule has 0 aliphatic heterocycles. The number of ketones is 1. The Morgan fingerprint density at radius 2 is 1.35 bits per heavy atom. The van der Waals surface area contributed by atoms with Crippen molar-refractivity contribution in [3.63, 3.8) is 0 Å². The van der Waals surface area contributed by atoms with Crippen molar-refractivity contribution < 1.29 is 9.21 Å². The van der Waals surface area contributed by atoms with Gasteiger partial charge in [0.25, 0.3) is 0 Å². The summed E-state index contributed by atoms with van der Waals surface area (Å²) in [4.78, 5) is 16.4. The van der Waals surface area contributed by atoms with Crippen LogP contribution in [-0.4, -0.2) is 17.3 Å². The molecule has 166 valence electrons. The van der Waals surface area contributed by atoms with Crippen LogP contribution in [0.3, 0.4) is 0 Å². The number of nitrogens with one attached hydrogen (secondary N) is 1. The van der Waals surface area contributed by atoms with Gasteiger partial charge in [-0.2, -0.15) is 0 Å². The van der Waals surface area contributed by atoms with Gasteiger partial charge in [0.05, 0.1) is 6.54 Å². The Morgan fingerprint density at radius 1 is 0.735 bits per heavy atom. The first-order valence-electron chi connectivity index (χ1n) is 11.2. The summed E-state index contributed by atoms with van der Waals surface area (Å²) in [5, 5.41) is 3.18. The van der Waals surface area contributed by atoms with E-state index in [1.165, 1.54) is 0 Å². The van der Waals surface area contributed by atoms with E-state index in [9.17, 15) is 4.79 Å². The van der Waals surface area contributed by atoms with E-state index in [0.29, 0.717) is 12.4 Å². The minimum absolute atomic E-state index is 0.0903. The van der Waals surface area contributed by atoms with Crippen molar-refractivity contribution in [3.8, 4) is 45.2 Å². The third kappa shape index (κ3) is 4.52. The molecule has 0 radical (unpaired) electrons. The minimum atomic E-state index is 0.0903. The molecule has 4 heteroatoms. The van der Waals surface area contributed by atoms with Crippen molar-refractivity contribution in [1.82, 2.24) is 4.98 Å². The Kier molecular flexibility index (Phi) is 6.04. The Hall–Kier alpha value is -4.44. The standard InChI is InChI=1S/C30H24N2O2/c1-21(33)20-31-25-16-10-15-24(19-25)26-17-8-9-18-27(26)30-32-28(22-11-4-2-5-12-22)29(34-30)23-13-6-3-7-14-23/h2-19,31H,20H2,1H3. The molecule has 4 aromatic carbocycles. The van der Waals surface area contributed by atoms with Crippen LogP contribution in [0, 0.1) is 0 Å². The van der Waals surface area contributed by atoms with Crippen LogP contribution in [0.2, 0.25) is 0 Å². The van der Waals surface area contributed by atoms with Crippen LogP contribution in [0.15, 0.2) is 114 Å². The summed E-state index contributed by atoms with van der Waals surface area (Å²) in [5.74, 6) is 1.40. The molecular formula is C30H24N2O2. The van der Waals surface area contributed by atoms with Crippen LogP contribution < -0.4 is 5.32 Å². The molecule has 1 aromatic heterocycles. The van der Waals surface area contributed by atoms with Gasteiger partial charge in [0.1, 0.15) is 11.5 Å². The average molecular weight is 445 g/mol. The van der Waals surface area contributed by atoms with Crippen molar-refractivity contribution in [2.75, 3.05) is 11.9 Å². The summed E-state index contributed by atoms with van der Waals surface area (Å²) in [6.45, 7) is 1.87. The molecule has 0 aliphatic carbocycles. The zero-order valence-electron chi connectivity index (χ0n) is 18.9. The van der Waals surface area contributed by atoms with Gasteiger partial charge in [-0.25, -0.2) is 4.98 Å². The first-order chi connectivity index (χ1) is 16.7. The van der Waals surface area contributed by atoms with E-state index in [4.69, 9.17) is 9.40 Å². The predicted octanol–water partition coefficient (Wildman–Crippen LogP) is 7.34. The topological polar surface area (TPSA) is 55.1 Å². The van der Waals surface area contributed by atoms with Crippen molar-refractivity contribution in [3.05, 3.63) is 109 Å². The van der Waals surface area contributed by atoms with Gasteiger partial charge in [-0.15, -0.1) is 0 Å². The highest BCUT2D eigenvalue weighted by Crippen LogP contribution is 2.39. The number of Topliss-reactive ketones (excluding diaryl/α,β-unsaturated/α-hetero) is 1. The number of aromatic nitrogens is 1. The zero-order valence-corrected chi connectivity index (χ0v) is 18.9. The summed E-state index contributed by atoms with van der Waals surface area (Å²) < 4.78 is 6.44. The molecule has 4 nitrogen and oxygen atoms in total. The van der Waals surface area contributed by atoms with Crippen LogP contribution in [0.1, 0.15) is 6.92 Å². The number of hydrogen-bond acceptors (Lipinski definition) is 4. The fourth-order valence-corrected chi connectivity index (χ4v) is 3.96. The number of benzene rings is 4. The van der Waals surface area contributed by atoms with E-state index >= 15 is 0 Å². The number of rotatable bonds is 7. The van der Waals surface area contributed by atoms with Crippen molar-refractivity contribution in [2.24, 2.45) is 0 Å². The number of carbonyl (C=O) groups is 1. The molecule has 0 atom stereocenters. The number of carbonyl (C=O) groups excluding carboxylic acids is 1. The van der Waals surface area contributed by atoms with Crippen molar-refractivity contribution >= 4 is 11.5 Å². The number of oxazole rings is 1. The lowest BCUT2D eigenvalue weighted by Gasteiger charge is -2.10. The summed E-state index contributed by atoms with van der Waals surface area (Å²) >= 11 is 0. The largest absolute Gasteiger partial charge is 0.435 e. The fraction of sp³-hybridized carbons (Fsp3) is 0.0667. The van der Waals surface area contributed by atoms with Gasteiger partial charge in [-0.1, -0.05) is 91.0 Å². The van der Waals surface area contributed by atoms with Gasteiger partial charge < -0.3 is 9.73 Å². The molecule has 0 unspecified atom stereocenters. The van der Waals surface area contributed by atoms with E-state index in [1.807, 2.05) is 97.1 Å². The van der Waals surface area contributed by atoms with E-state index < -0.39 is 0 Å².